The Labute approximate surface area is 219 Å². The molecular weight excluding hydrogens is 490 g/mol. The van der Waals surface area contributed by atoms with E-state index in [-0.39, 0.29) is 48.5 Å². The van der Waals surface area contributed by atoms with Crippen molar-refractivity contribution in [2.75, 3.05) is 32.8 Å². The van der Waals surface area contributed by atoms with Crippen molar-refractivity contribution in [2.24, 2.45) is 22.7 Å². The van der Waals surface area contributed by atoms with E-state index in [4.69, 9.17) is 4.74 Å². The Hall–Kier alpha value is -4.02. The molecule has 4 fully saturated rings. The molecule has 1 aliphatic carbocycles. The molecule has 198 valence electrons. The Morgan fingerprint density at radius 3 is 2.29 bits per heavy atom. The molecule has 0 unspecified atom stereocenters. The Morgan fingerprint density at radius 2 is 1.66 bits per heavy atom. The van der Waals surface area contributed by atoms with Gasteiger partial charge in [0, 0.05) is 37.5 Å². The molecule has 11 nitrogen and oxygen atoms in total. The van der Waals surface area contributed by atoms with Crippen molar-refractivity contribution in [3.05, 3.63) is 54.0 Å². The first-order chi connectivity index (χ1) is 18.1. The van der Waals surface area contributed by atoms with Crippen LogP contribution in [-0.2, 0) is 14.3 Å². The highest BCUT2D eigenvalue weighted by Crippen LogP contribution is 2.55. The van der Waals surface area contributed by atoms with Gasteiger partial charge in [-0.3, -0.25) is 14.4 Å². The Balaban J connectivity index is 1.28. The van der Waals surface area contributed by atoms with Crippen LogP contribution >= 0.6 is 0 Å². The predicted octanol–water partition coefficient (Wildman–Crippen LogP) is 1.85. The molecule has 4 heterocycles. The number of benzene rings is 1. The zero-order valence-electron chi connectivity index (χ0n) is 21.2. The molecule has 1 N–H and O–H groups in total. The van der Waals surface area contributed by atoms with Crippen molar-refractivity contribution in [1.82, 2.24) is 24.7 Å². The van der Waals surface area contributed by atoms with Gasteiger partial charge in [0.1, 0.15) is 18.3 Å². The van der Waals surface area contributed by atoms with E-state index in [1.54, 1.807) is 4.90 Å². The molecule has 3 atom stereocenters. The Morgan fingerprint density at radius 1 is 0.974 bits per heavy atom. The average Bonchev–Trinajstić information content (AvgIpc) is 3.19. The fourth-order valence-corrected chi connectivity index (χ4v) is 6.11. The van der Waals surface area contributed by atoms with Gasteiger partial charge < -0.3 is 19.6 Å². The summed E-state index contributed by atoms with van der Waals surface area (Å²) in [4.78, 5) is 65.4. The smallest absolute Gasteiger partial charge is 0.417 e. The summed E-state index contributed by atoms with van der Waals surface area (Å²) < 4.78 is 5.29. The van der Waals surface area contributed by atoms with Crippen LogP contribution in [0, 0.1) is 22.7 Å². The number of aromatic nitrogens is 2. The maximum absolute atomic E-state index is 14.0. The second-order valence-corrected chi connectivity index (χ2v) is 11.5. The third kappa shape index (κ3) is 3.88. The minimum Gasteiger partial charge on any atom is -0.492 e. The molecule has 4 amide bonds. The van der Waals surface area contributed by atoms with E-state index in [1.165, 1.54) is 16.0 Å². The molecule has 11 heteroatoms. The summed E-state index contributed by atoms with van der Waals surface area (Å²) in [5.74, 6) is -1.80. The molecule has 4 aliphatic rings. The molecule has 1 spiro atoms. The fraction of sp³-hybridized carbons (Fsp3) is 0.481. The zero-order chi connectivity index (χ0) is 26.8. The first-order valence-electron chi connectivity index (χ1n) is 12.7. The van der Waals surface area contributed by atoms with Gasteiger partial charge >= 0.3 is 6.09 Å². The molecule has 2 aromatic rings. The summed E-state index contributed by atoms with van der Waals surface area (Å²) in [6.07, 6.45) is 2.41. The number of likely N-dealkylation sites (tertiary alicyclic amines) is 2. The number of hydrogen-bond acceptors (Lipinski definition) is 8. The number of amides is 4. The molecule has 0 bridgehead atoms. The van der Waals surface area contributed by atoms with Crippen molar-refractivity contribution in [3.8, 4) is 5.88 Å². The van der Waals surface area contributed by atoms with E-state index in [0.29, 0.717) is 13.1 Å². The maximum atomic E-state index is 14.0. The van der Waals surface area contributed by atoms with Crippen LogP contribution in [0.15, 0.2) is 42.7 Å². The average molecular weight is 520 g/mol. The summed E-state index contributed by atoms with van der Waals surface area (Å²) in [6.45, 7) is 5.16. The van der Waals surface area contributed by atoms with E-state index < -0.39 is 35.3 Å². The maximum Gasteiger partial charge on any atom is 0.417 e. The van der Waals surface area contributed by atoms with Crippen molar-refractivity contribution in [2.45, 2.75) is 26.3 Å². The van der Waals surface area contributed by atoms with Crippen LogP contribution in [0.25, 0.3) is 0 Å². The van der Waals surface area contributed by atoms with E-state index in [2.05, 4.69) is 23.8 Å². The van der Waals surface area contributed by atoms with Crippen molar-refractivity contribution < 1.29 is 29.0 Å². The van der Waals surface area contributed by atoms with Gasteiger partial charge in [-0.05, 0) is 17.4 Å². The highest BCUT2D eigenvalue weighted by molar-refractivity contribution is 5.98. The number of rotatable bonds is 4. The van der Waals surface area contributed by atoms with E-state index in [0.717, 1.165) is 18.2 Å². The number of cyclic esters (lactones) is 1. The summed E-state index contributed by atoms with van der Waals surface area (Å²) in [6, 6.07) is 8.66. The van der Waals surface area contributed by atoms with Crippen LogP contribution in [0.2, 0.25) is 0 Å². The number of aromatic hydroxyl groups is 1. The standard InChI is InChI=1S/C27H29N5O6/c1-26(2)8-17(26)22(34)31-14-27(15-31)13-30(24(36)19-9-29-21(33)10-28-19)11-18(27)23(35)32-20(12-38-25(32)37)16-6-4-3-5-7-16/h3-7,9-10,17-18,20H,8,11-15H2,1-2H3,(H,29,33)/t17-,18+,20+/m1/s1. The van der Waals surface area contributed by atoms with Gasteiger partial charge in [0.25, 0.3) is 5.91 Å². The number of carbonyl (C=O) groups excluding carboxylic acids is 4. The largest absolute Gasteiger partial charge is 0.492 e. The minimum atomic E-state index is -0.708. The second-order valence-electron chi connectivity index (χ2n) is 11.5. The van der Waals surface area contributed by atoms with Gasteiger partial charge in [-0.15, -0.1) is 0 Å². The van der Waals surface area contributed by atoms with E-state index in [1.807, 2.05) is 30.3 Å². The van der Waals surface area contributed by atoms with Gasteiger partial charge in [-0.25, -0.2) is 19.7 Å². The highest BCUT2D eigenvalue weighted by Gasteiger charge is 2.63. The lowest BCUT2D eigenvalue weighted by molar-refractivity contribution is -0.154. The SMILES string of the molecule is CC1(C)C[C@@H]1C(=O)N1CC2(CN(C(=O)c3cnc(O)cn3)C[C@H]2C(=O)N2C(=O)OC[C@H]2c2ccccc2)C1. The number of ether oxygens (including phenoxy) is 1. The molecule has 6 rings (SSSR count). The quantitative estimate of drug-likeness (QED) is 0.647. The lowest BCUT2D eigenvalue weighted by Crippen LogP contribution is -2.64. The first-order valence-corrected chi connectivity index (χ1v) is 12.7. The van der Waals surface area contributed by atoms with Crippen LogP contribution in [0.1, 0.15) is 42.4 Å². The van der Waals surface area contributed by atoms with Gasteiger partial charge in [0.05, 0.1) is 18.3 Å². The molecule has 3 aliphatic heterocycles. The molecule has 1 saturated carbocycles. The molecule has 38 heavy (non-hydrogen) atoms. The first kappa shape index (κ1) is 24.3. The van der Waals surface area contributed by atoms with E-state index >= 15 is 0 Å². The van der Waals surface area contributed by atoms with Gasteiger partial charge in [-0.1, -0.05) is 44.2 Å². The predicted molar refractivity (Wildman–Crippen MR) is 131 cm³/mol. The summed E-state index contributed by atoms with van der Waals surface area (Å²) in [7, 11) is 0. The van der Waals surface area contributed by atoms with Crippen molar-refractivity contribution >= 4 is 23.8 Å². The number of imide groups is 1. The Bertz CT molecular complexity index is 1310. The monoisotopic (exact) mass is 519 g/mol. The lowest BCUT2D eigenvalue weighted by Gasteiger charge is -2.51. The second kappa shape index (κ2) is 8.50. The van der Waals surface area contributed by atoms with Gasteiger partial charge in [0.2, 0.25) is 17.7 Å². The zero-order valence-corrected chi connectivity index (χ0v) is 21.2. The van der Waals surface area contributed by atoms with Crippen LogP contribution < -0.4 is 0 Å². The van der Waals surface area contributed by atoms with Crippen molar-refractivity contribution in [3.63, 3.8) is 0 Å². The minimum absolute atomic E-state index is 0.0213. The van der Waals surface area contributed by atoms with Gasteiger partial charge in [-0.2, -0.15) is 0 Å². The summed E-state index contributed by atoms with van der Waals surface area (Å²) >= 11 is 0. The molecule has 0 radical (unpaired) electrons. The number of carbonyl (C=O) groups is 4. The topological polar surface area (TPSA) is 133 Å². The molecule has 3 saturated heterocycles. The number of nitrogens with zero attached hydrogens (tertiary/aromatic N) is 5. The summed E-state index contributed by atoms with van der Waals surface area (Å²) in [5.41, 5.74) is 0.121. The third-order valence-corrected chi connectivity index (χ3v) is 8.52. The molecular formula is C27H29N5O6. The highest BCUT2D eigenvalue weighted by atomic mass is 16.6. The Kier molecular flexibility index (Phi) is 5.44. The van der Waals surface area contributed by atoms with Crippen LogP contribution in [-0.4, -0.2) is 86.4 Å². The van der Waals surface area contributed by atoms with E-state index in [9.17, 15) is 24.3 Å². The molecule has 1 aromatic carbocycles. The normalized spacial score (nSPS) is 26.7. The van der Waals surface area contributed by atoms with Crippen molar-refractivity contribution in [1.29, 1.82) is 0 Å². The summed E-state index contributed by atoms with van der Waals surface area (Å²) in [5, 5.41) is 9.45. The lowest BCUT2D eigenvalue weighted by atomic mass is 9.70. The fourth-order valence-electron chi connectivity index (χ4n) is 6.11. The number of hydrogen-bond donors (Lipinski definition) is 1. The molecule has 1 aromatic heterocycles. The van der Waals surface area contributed by atoms with Crippen LogP contribution in [0.3, 0.4) is 0 Å². The van der Waals surface area contributed by atoms with Crippen LogP contribution in [0.5, 0.6) is 5.88 Å². The third-order valence-electron chi connectivity index (χ3n) is 8.52. The van der Waals surface area contributed by atoms with Gasteiger partial charge in [0.15, 0.2) is 0 Å². The van der Waals surface area contributed by atoms with Crippen LogP contribution in [0.4, 0.5) is 4.79 Å².